The second kappa shape index (κ2) is 2.56. The minimum absolute atomic E-state index is 0.0556. The van der Waals surface area contributed by atoms with Gasteiger partial charge in [0.1, 0.15) is 20.2 Å². The normalized spacial score (nSPS) is 33.6. The third-order valence-electron chi connectivity index (χ3n) is 1.74. The van der Waals surface area contributed by atoms with E-state index in [0.29, 0.717) is 13.2 Å². The van der Waals surface area contributed by atoms with Gasteiger partial charge in [0.15, 0.2) is 0 Å². The van der Waals surface area contributed by atoms with Crippen LogP contribution in [0.3, 0.4) is 0 Å². The Morgan fingerprint density at radius 1 is 1.70 bits per heavy atom. The highest BCUT2D eigenvalue weighted by Gasteiger charge is 2.38. The highest BCUT2D eigenvalue weighted by atomic mass is 16.8. The molecule has 1 saturated heterocycles. The van der Waals surface area contributed by atoms with Crippen LogP contribution >= 0.6 is 0 Å². The van der Waals surface area contributed by atoms with E-state index in [2.05, 4.69) is 0 Å². The first kappa shape index (κ1) is 7.50. The molecule has 0 spiro atoms. The molecule has 0 aromatic carbocycles. The fraction of sp³-hybridized carbons (Fsp3) is 0.833. The molecule has 0 aromatic heterocycles. The van der Waals surface area contributed by atoms with Crippen molar-refractivity contribution in [2.75, 3.05) is 27.3 Å². The number of amides is 1. The molecule has 1 aliphatic heterocycles. The number of hydrogen-bond acceptors (Lipinski definition) is 3. The predicted octanol–water partition coefficient (Wildman–Crippen LogP) is 0.535. The molecule has 10 heavy (non-hydrogen) atoms. The third kappa shape index (κ3) is 1.12. The molecular formula is C6H12NO3+. The topological polar surface area (TPSA) is 35.5 Å². The lowest BCUT2D eigenvalue weighted by Crippen LogP contribution is -2.52. The smallest absolute Gasteiger partial charge is 0.418 e. The summed E-state index contributed by atoms with van der Waals surface area (Å²) in [7, 11) is 3.20. The molecular weight excluding hydrogens is 134 g/mol. The number of hydroxylamine groups is 3. The van der Waals surface area contributed by atoms with E-state index < -0.39 is 0 Å². The van der Waals surface area contributed by atoms with Gasteiger partial charge in [-0.05, 0) is 0 Å². The Labute approximate surface area is 59.9 Å². The Morgan fingerprint density at radius 3 is 2.80 bits per heavy atom. The summed E-state index contributed by atoms with van der Waals surface area (Å²) in [5, 5.41) is 0. The summed E-state index contributed by atoms with van der Waals surface area (Å²) < 4.78 is 4.74. The zero-order valence-corrected chi connectivity index (χ0v) is 6.29. The number of quaternary nitrogens is 1. The number of ether oxygens (including phenoxy) is 1. The van der Waals surface area contributed by atoms with Crippen LogP contribution in [0.15, 0.2) is 0 Å². The zero-order valence-electron chi connectivity index (χ0n) is 6.29. The fourth-order valence-electron chi connectivity index (χ4n) is 0.919. The molecule has 1 fully saturated rings. The van der Waals surface area contributed by atoms with Crippen LogP contribution in [0.4, 0.5) is 4.79 Å². The van der Waals surface area contributed by atoms with Crippen LogP contribution in [-0.4, -0.2) is 38.0 Å². The van der Waals surface area contributed by atoms with Gasteiger partial charge in [0.25, 0.3) is 0 Å². The summed E-state index contributed by atoms with van der Waals surface area (Å²) in [6.45, 7) is 1.23. The van der Waals surface area contributed by atoms with Gasteiger partial charge in [-0.3, -0.25) is 0 Å². The van der Waals surface area contributed by atoms with Gasteiger partial charge in [0.05, 0.1) is 7.11 Å². The molecule has 58 valence electrons. The standard InChI is InChI=1S/C6H12NO3/c1-7(9-2)4-3-5-10-6(7)8/h3-5H2,1-2H3/q+1. The Bertz CT molecular complexity index is 148. The first-order valence-electron chi connectivity index (χ1n) is 3.27. The van der Waals surface area contributed by atoms with Gasteiger partial charge >= 0.3 is 6.09 Å². The highest BCUT2D eigenvalue weighted by molar-refractivity contribution is 5.59. The molecule has 1 rings (SSSR count). The minimum atomic E-state index is -0.297. The summed E-state index contributed by atoms with van der Waals surface area (Å²) in [4.78, 5) is 15.9. The van der Waals surface area contributed by atoms with E-state index >= 15 is 0 Å². The Hall–Kier alpha value is -0.610. The zero-order chi connectivity index (χ0) is 7.61. The molecule has 1 unspecified atom stereocenters. The number of carbonyl (C=O) groups excluding carboxylic acids is 1. The molecule has 0 saturated carbocycles. The van der Waals surface area contributed by atoms with Crippen molar-refractivity contribution in [3.05, 3.63) is 0 Å². The van der Waals surface area contributed by atoms with Crippen molar-refractivity contribution in [2.45, 2.75) is 6.42 Å². The van der Waals surface area contributed by atoms with Crippen LogP contribution in [0.25, 0.3) is 0 Å². The maximum atomic E-state index is 11.0. The van der Waals surface area contributed by atoms with Crippen molar-refractivity contribution < 1.29 is 19.0 Å². The molecule has 1 heterocycles. The Morgan fingerprint density at radius 2 is 2.40 bits per heavy atom. The maximum Gasteiger partial charge on any atom is 0.549 e. The van der Waals surface area contributed by atoms with Gasteiger partial charge in [-0.25, -0.2) is 0 Å². The molecule has 1 atom stereocenters. The van der Waals surface area contributed by atoms with Crippen molar-refractivity contribution in [2.24, 2.45) is 0 Å². The van der Waals surface area contributed by atoms with Gasteiger partial charge in [0.2, 0.25) is 0 Å². The molecule has 0 N–H and O–H groups in total. The highest BCUT2D eigenvalue weighted by Crippen LogP contribution is 2.12. The van der Waals surface area contributed by atoms with E-state index in [9.17, 15) is 4.79 Å². The summed E-state index contributed by atoms with van der Waals surface area (Å²) in [5.41, 5.74) is 0. The Balaban J connectivity index is 2.63. The van der Waals surface area contributed by atoms with E-state index in [1.807, 2.05) is 0 Å². The van der Waals surface area contributed by atoms with Crippen LogP contribution in [-0.2, 0) is 9.57 Å². The largest absolute Gasteiger partial charge is 0.549 e. The van der Waals surface area contributed by atoms with Gasteiger partial charge in [-0.15, -0.1) is 0 Å². The molecule has 4 heteroatoms. The average Bonchev–Trinajstić information content (AvgIpc) is 1.96. The number of hydrogen-bond donors (Lipinski definition) is 0. The van der Waals surface area contributed by atoms with Crippen LogP contribution in [0, 0.1) is 0 Å². The summed E-state index contributed by atoms with van der Waals surface area (Å²) in [6.07, 6.45) is 0.574. The fourth-order valence-corrected chi connectivity index (χ4v) is 0.919. The summed E-state index contributed by atoms with van der Waals surface area (Å²) in [5.74, 6) is 0. The van der Waals surface area contributed by atoms with Gasteiger partial charge in [-0.1, -0.05) is 4.65 Å². The lowest BCUT2D eigenvalue weighted by atomic mass is 10.4. The van der Waals surface area contributed by atoms with E-state index in [-0.39, 0.29) is 10.7 Å². The van der Waals surface area contributed by atoms with E-state index in [4.69, 9.17) is 9.57 Å². The average molecular weight is 146 g/mol. The number of cyclic esters (lactones) is 1. The second-order valence-corrected chi connectivity index (χ2v) is 2.48. The summed E-state index contributed by atoms with van der Waals surface area (Å²) in [6, 6.07) is 0. The van der Waals surface area contributed by atoms with Crippen molar-refractivity contribution in [1.29, 1.82) is 0 Å². The lowest BCUT2D eigenvalue weighted by molar-refractivity contribution is -1.03. The molecule has 1 amide bonds. The van der Waals surface area contributed by atoms with E-state index in [1.54, 1.807) is 7.05 Å². The van der Waals surface area contributed by atoms with Crippen LogP contribution in [0.1, 0.15) is 6.42 Å². The van der Waals surface area contributed by atoms with Crippen molar-refractivity contribution in [1.82, 2.24) is 0 Å². The van der Waals surface area contributed by atoms with Crippen LogP contribution < -0.4 is 0 Å². The molecule has 0 aliphatic carbocycles. The quantitative estimate of drug-likeness (QED) is 0.506. The molecule has 0 radical (unpaired) electrons. The first-order chi connectivity index (χ1) is 4.69. The van der Waals surface area contributed by atoms with Crippen LogP contribution in [0.5, 0.6) is 0 Å². The number of nitrogens with zero attached hydrogens (tertiary/aromatic N) is 1. The lowest BCUT2D eigenvalue weighted by Gasteiger charge is -2.28. The van der Waals surface area contributed by atoms with Crippen molar-refractivity contribution in [3.63, 3.8) is 0 Å². The maximum absolute atomic E-state index is 11.0. The molecule has 0 bridgehead atoms. The molecule has 1 aliphatic rings. The van der Waals surface area contributed by atoms with Crippen LogP contribution in [0.2, 0.25) is 0 Å². The summed E-state index contributed by atoms with van der Waals surface area (Å²) >= 11 is 0. The monoisotopic (exact) mass is 146 g/mol. The van der Waals surface area contributed by atoms with E-state index in [1.165, 1.54) is 7.11 Å². The van der Waals surface area contributed by atoms with Gasteiger partial charge in [-0.2, -0.15) is 9.63 Å². The molecule has 0 aromatic rings. The van der Waals surface area contributed by atoms with Gasteiger partial charge in [0, 0.05) is 6.42 Å². The molecule has 4 nitrogen and oxygen atoms in total. The Kier molecular flexibility index (Phi) is 1.92. The van der Waals surface area contributed by atoms with Gasteiger partial charge < -0.3 is 4.74 Å². The van der Waals surface area contributed by atoms with E-state index in [0.717, 1.165) is 6.42 Å². The first-order valence-corrected chi connectivity index (χ1v) is 3.27. The minimum Gasteiger partial charge on any atom is -0.418 e. The predicted molar refractivity (Wildman–Crippen MR) is 34.0 cm³/mol. The SMILES string of the molecule is CO[N+]1(C)CCCOC1=O. The number of rotatable bonds is 1. The third-order valence-corrected chi connectivity index (χ3v) is 1.74. The van der Waals surface area contributed by atoms with Crippen molar-refractivity contribution >= 4 is 6.09 Å². The second-order valence-electron chi connectivity index (χ2n) is 2.48. The van der Waals surface area contributed by atoms with Crippen molar-refractivity contribution in [3.8, 4) is 0 Å². The number of carbonyl (C=O) groups is 1.